The summed E-state index contributed by atoms with van der Waals surface area (Å²) in [4.78, 5) is 22.1. The van der Waals surface area contributed by atoms with Gasteiger partial charge in [-0.3, -0.25) is 9.59 Å². The summed E-state index contributed by atoms with van der Waals surface area (Å²) in [5, 5.41) is 11.0. The van der Waals surface area contributed by atoms with E-state index < -0.39 is 5.97 Å². The number of aliphatic carboxylic acids is 1. The topological polar surface area (TPSA) is 66.4 Å². The van der Waals surface area contributed by atoms with Crippen LogP contribution in [0.3, 0.4) is 0 Å². The highest BCUT2D eigenvalue weighted by molar-refractivity contribution is 7.17. The molecule has 0 spiro atoms. The van der Waals surface area contributed by atoms with Gasteiger partial charge in [0.15, 0.2) is 0 Å². The average molecular weight is 248 g/mol. The van der Waals surface area contributed by atoms with Gasteiger partial charge in [-0.15, -0.1) is 11.3 Å². The number of hydrogen-bond acceptors (Lipinski definition) is 3. The zero-order valence-electron chi connectivity index (χ0n) is 7.83. The SMILES string of the molecule is O=C(O)CCCNC(=O)c1ccc(Cl)s1. The number of carboxylic acids is 1. The standard InChI is InChI=1S/C9H10ClNO3S/c10-7-4-3-6(15-7)9(14)11-5-1-2-8(12)13/h3-4H,1-2,5H2,(H,11,14)(H,12,13). The van der Waals surface area contributed by atoms with Crippen LogP contribution in [0.25, 0.3) is 0 Å². The van der Waals surface area contributed by atoms with E-state index in [4.69, 9.17) is 16.7 Å². The van der Waals surface area contributed by atoms with Crippen molar-refractivity contribution in [2.45, 2.75) is 12.8 Å². The lowest BCUT2D eigenvalue weighted by Crippen LogP contribution is -2.23. The van der Waals surface area contributed by atoms with Gasteiger partial charge in [0.25, 0.3) is 5.91 Å². The Kier molecular flexibility index (Phi) is 4.58. The maximum absolute atomic E-state index is 11.4. The summed E-state index contributed by atoms with van der Waals surface area (Å²) >= 11 is 6.87. The summed E-state index contributed by atoms with van der Waals surface area (Å²) in [7, 11) is 0. The summed E-state index contributed by atoms with van der Waals surface area (Å²) in [6, 6.07) is 3.29. The summed E-state index contributed by atoms with van der Waals surface area (Å²) in [6.45, 7) is 0.362. The Morgan fingerprint density at radius 3 is 2.73 bits per heavy atom. The predicted octanol–water partition coefficient (Wildman–Crippen LogP) is 2.00. The van der Waals surface area contributed by atoms with Gasteiger partial charge in [0.2, 0.25) is 0 Å². The van der Waals surface area contributed by atoms with Gasteiger partial charge in [-0.25, -0.2) is 0 Å². The Morgan fingerprint density at radius 1 is 1.47 bits per heavy atom. The minimum Gasteiger partial charge on any atom is -0.481 e. The number of hydrogen-bond donors (Lipinski definition) is 2. The van der Waals surface area contributed by atoms with E-state index in [0.717, 1.165) is 0 Å². The molecule has 1 heterocycles. The van der Waals surface area contributed by atoms with Crippen molar-refractivity contribution in [3.8, 4) is 0 Å². The average Bonchev–Trinajstić information content (AvgIpc) is 2.59. The van der Waals surface area contributed by atoms with Crippen LogP contribution in [0.1, 0.15) is 22.5 Å². The molecular formula is C9H10ClNO3S. The fourth-order valence-electron chi connectivity index (χ4n) is 0.965. The van der Waals surface area contributed by atoms with Gasteiger partial charge >= 0.3 is 5.97 Å². The third kappa shape index (κ3) is 4.31. The molecule has 1 rings (SSSR count). The Labute approximate surface area is 95.9 Å². The molecule has 0 aromatic carbocycles. The number of carbonyl (C=O) groups excluding carboxylic acids is 1. The normalized spacial score (nSPS) is 9.93. The van der Waals surface area contributed by atoms with Crippen LogP contribution < -0.4 is 5.32 Å². The second-order valence-electron chi connectivity index (χ2n) is 2.86. The Morgan fingerprint density at radius 2 is 2.20 bits per heavy atom. The molecule has 0 unspecified atom stereocenters. The van der Waals surface area contributed by atoms with Crippen molar-refractivity contribution in [3.05, 3.63) is 21.3 Å². The predicted molar refractivity (Wildman–Crippen MR) is 58.5 cm³/mol. The zero-order valence-corrected chi connectivity index (χ0v) is 9.40. The van der Waals surface area contributed by atoms with E-state index in [1.54, 1.807) is 12.1 Å². The van der Waals surface area contributed by atoms with Crippen LogP contribution in [0.2, 0.25) is 4.34 Å². The van der Waals surface area contributed by atoms with Crippen molar-refractivity contribution < 1.29 is 14.7 Å². The van der Waals surface area contributed by atoms with E-state index in [9.17, 15) is 9.59 Å². The first-order chi connectivity index (χ1) is 7.09. The highest BCUT2D eigenvalue weighted by atomic mass is 35.5. The van der Waals surface area contributed by atoms with Crippen molar-refractivity contribution in [1.29, 1.82) is 0 Å². The van der Waals surface area contributed by atoms with Gasteiger partial charge < -0.3 is 10.4 Å². The molecule has 6 heteroatoms. The van der Waals surface area contributed by atoms with Crippen LogP contribution in [0.15, 0.2) is 12.1 Å². The van der Waals surface area contributed by atoms with E-state index in [1.165, 1.54) is 11.3 Å². The van der Waals surface area contributed by atoms with E-state index >= 15 is 0 Å². The molecule has 0 bridgehead atoms. The van der Waals surface area contributed by atoms with Gasteiger partial charge in [0.1, 0.15) is 0 Å². The number of thiophene rings is 1. The molecule has 2 N–H and O–H groups in total. The summed E-state index contributed by atoms with van der Waals surface area (Å²) in [5.41, 5.74) is 0. The molecule has 0 fully saturated rings. The molecule has 15 heavy (non-hydrogen) atoms. The van der Waals surface area contributed by atoms with E-state index in [-0.39, 0.29) is 12.3 Å². The third-order valence-corrected chi connectivity index (χ3v) is 2.88. The second-order valence-corrected chi connectivity index (χ2v) is 4.57. The quantitative estimate of drug-likeness (QED) is 0.782. The Balaban J connectivity index is 2.28. The highest BCUT2D eigenvalue weighted by Crippen LogP contribution is 2.20. The molecule has 0 aliphatic rings. The molecule has 1 amide bonds. The van der Waals surface area contributed by atoms with Gasteiger partial charge in [-0.1, -0.05) is 11.6 Å². The molecule has 4 nitrogen and oxygen atoms in total. The lowest BCUT2D eigenvalue weighted by Gasteiger charge is -2.01. The fourth-order valence-corrected chi connectivity index (χ4v) is 1.92. The zero-order chi connectivity index (χ0) is 11.3. The van der Waals surface area contributed by atoms with E-state index in [0.29, 0.717) is 22.2 Å². The summed E-state index contributed by atoms with van der Waals surface area (Å²) < 4.78 is 0.561. The Hall–Kier alpha value is -1.07. The first kappa shape index (κ1) is 12.0. The molecule has 0 aliphatic heterocycles. The van der Waals surface area contributed by atoms with Crippen LogP contribution in [-0.2, 0) is 4.79 Å². The van der Waals surface area contributed by atoms with Crippen LogP contribution in [-0.4, -0.2) is 23.5 Å². The molecule has 0 atom stereocenters. The number of halogens is 1. The number of rotatable bonds is 5. The highest BCUT2D eigenvalue weighted by Gasteiger charge is 2.07. The molecule has 1 aromatic heterocycles. The van der Waals surface area contributed by atoms with Crippen LogP contribution in [0.4, 0.5) is 0 Å². The van der Waals surface area contributed by atoms with Crippen molar-refractivity contribution >= 4 is 34.8 Å². The molecule has 0 saturated carbocycles. The van der Waals surface area contributed by atoms with Crippen molar-refractivity contribution in [2.75, 3.05) is 6.54 Å². The smallest absolute Gasteiger partial charge is 0.303 e. The first-order valence-electron chi connectivity index (χ1n) is 4.35. The molecular weight excluding hydrogens is 238 g/mol. The molecule has 0 aliphatic carbocycles. The first-order valence-corrected chi connectivity index (χ1v) is 5.54. The Bertz CT molecular complexity index is 364. The molecule has 1 aromatic rings. The maximum atomic E-state index is 11.4. The number of carboxylic acid groups (broad SMARTS) is 1. The van der Waals surface area contributed by atoms with Crippen molar-refractivity contribution in [1.82, 2.24) is 5.32 Å². The molecule has 82 valence electrons. The van der Waals surface area contributed by atoms with Crippen molar-refractivity contribution in [3.63, 3.8) is 0 Å². The van der Waals surface area contributed by atoms with Gasteiger partial charge in [0, 0.05) is 13.0 Å². The fraction of sp³-hybridized carbons (Fsp3) is 0.333. The molecule has 0 radical (unpaired) electrons. The largest absolute Gasteiger partial charge is 0.481 e. The monoisotopic (exact) mass is 247 g/mol. The van der Waals surface area contributed by atoms with E-state index in [1.807, 2.05) is 0 Å². The van der Waals surface area contributed by atoms with Crippen LogP contribution in [0, 0.1) is 0 Å². The van der Waals surface area contributed by atoms with Gasteiger partial charge in [0.05, 0.1) is 9.21 Å². The number of amides is 1. The number of nitrogens with one attached hydrogen (secondary N) is 1. The van der Waals surface area contributed by atoms with Crippen molar-refractivity contribution in [2.24, 2.45) is 0 Å². The maximum Gasteiger partial charge on any atom is 0.303 e. The number of carbonyl (C=O) groups is 2. The lowest BCUT2D eigenvalue weighted by atomic mass is 10.3. The lowest BCUT2D eigenvalue weighted by molar-refractivity contribution is -0.137. The third-order valence-electron chi connectivity index (χ3n) is 1.65. The summed E-state index contributed by atoms with van der Waals surface area (Å²) in [5.74, 6) is -1.07. The second kappa shape index (κ2) is 5.72. The minimum atomic E-state index is -0.858. The summed E-state index contributed by atoms with van der Waals surface area (Å²) in [6.07, 6.45) is 0.492. The minimum absolute atomic E-state index is 0.0610. The van der Waals surface area contributed by atoms with E-state index in [2.05, 4.69) is 5.32 Å². The van der Waals surface area contributed by atoms with Crippen LogP contribution >= 0.6 is 22.9 Å². The van der Waals surface area contributed by atoms with Crippen LogP contribution in [0.5, 0.6) is 0 Å². The van der Waals surface area contributed by atoms with Gasteiger partial charge in [-0.2, -0.15) is 0 Å². The van der Waals surface area contributed by atoms with Gasteiger partial charge in [-0.05, 0) is 18.6 Å². The molecule has 0 saturated heterocycles.